The lowest BCUT2D eigenvalue weighted by atomic mass is 10.2. The van der Waals surface area contributed by atoms with Gasteiger partial charge in [0, 0.05) is 31.1 Å². The summed E-state index contributed by atoms with van der Waals surface area (Å²) in [5.41, 5.74) is 6.69. The Morgan fingerprint density at radius 2 is 2.12 bits per heavy atom. The van der Waals surface area contributed by atoms with Crippen LogP contribution in [0.25, 0.3) is 5.82 Å². The van der Waals surface area contributed by atoms with Crippen LogP contribution in [-0.2, 0) is 6.54 Å². The van der Waals surface area contributed by atoms with Gasteiger partial charge in [-0.1, -0.05) is 13.8 Å². The first kappa shape index (κ1) is 10.8. The van der Waals surface area contributed by atoms with E-state index in [0.717, 1.165) is 17.2 Å². The second-order valence-electron chi connectivity index (χ2n) is 4.04. The smallest absolute Gasteiger partial charge is 0.138 e. The van der Waals surface area contributed by atoms with Crippen LogP contribution < -0.4 is 5.73 Å². The van der Waals surface area contributed by atoms with E-state index < -0.39 is 0 Å². The molecule has 0 aromatic carbocycles. The van der Waals surface area contributed by atoms with Gasteiger partial charge in [-0.25, -0.2) is 9.97 Å². The van der Waals surface area contributed by atoms with E-state index in [0.29, 0.717) is 12.5 Å². The molecule has 0 saturated carbocycles. The van der Waals surface area contributed by atoms with Crippen molar-refractivity contribution in [1.82, 2.24) is 14.5 Å². The summed E-state index contributed by atoms with van der Waals surface area (Å²) in [6.45, 7) is 4.76. The molecule has 4 heteroatoms. The molecule has 2 N–H and O–H groups in total. The van der Waals surface area contributed by atoms with Gasteiger partial charge in [0.05, 0.1) is 0 Å². The molecule has 0 radical (unpaired) electrons. The van der Waals surface area contributed by atoms with Crippen LogP contribution in [0.2, 0.25) is 0 Å². The van der Waals surface area contributed by atoms with Crippen molar-refractivity contribution in [3.8, 4) is 5.82 Å². The summed E-state index contributed by atoms with van der Waals surface area (Å²) in [4.78, 5) is 8.68. The summed E-state index contributed by atoms with van der Waals surface area (Å²) in [5.74, 6) is 2.27. The zero-order chi connectivity index (χ0) is 11.5. The molecule has 0 aliphatic rings. The Kier molecular flexibility index (Phi) is 3.01. The second-order valence-corrected chi connectivity index (χ2v) is 4.04. The Labute approximate surface area is 95.1 Å². The highest BCUT2D eigenvalue weighted by Gasteiger charge is 2.09. The highest BCUT2D eigenvalue weighted by Crippen LogP contribution is 2.16. The topological polar surface area (TPSA) is 56.7 Å². The monoisotopic (exact) mass is 216 g/mol. The Morgan fingerprint density at radius 1 is 1.31 bits per heavy atom. The maximum atomic E-state index is 5.62. The first-order chi connectivity index (χ1) is 7.72. The summed E-state index contributed by atoms with van der Waals surface area (Å²) < 4.78 is 2.00. The van der Waals surface area contributed by atoms with Crippen LogP contribution in [0.4, 0.5) is 0 Å². The van der Waals surface area contributed by atoms with Crippen molar-refractivity contribution in [3.05, 3.63) is 42.1 Å². The van der Waals surface area contributed by atoms with Crippen LogP contribution in [0, 0.1) is 0 Å². The van der Waals surface area contributed by atoms with E-state index in [9.17, 15) is 0 Å². The average Bonchev–Trinajstić information content (AvgIpc) is 2.78. The number of pyridine rings is 1. The van der Waals surface area contributed by atoms with Gasteiger partial charge in [0.2, 0.25) is 0 Å². The second kappa shape index (κ2) is 4.45. The molecular formula is C12H16N4. The van der Waals surface area contributed by atoms with Gasteiger partial charge in [-0.05, 0) is 17.7 Å². The van der Waals surface area contributed by atoms with E-state index in [2.05, 4.69) is 23.8 Å². The molecule has 2 rings (SSSR count). The maximum Gasteiger partial charge on any atom is 0.138 e. The third-order valence-corrected chi connectivity index (χ3v) is 2.48. The molecule has 84 valence electrons. The maximum absolute atomic E-state index is 5.62. The highest BCUT2D eigenvalue weighted by atomic mass is 15.1. The summed E-state index contributed by atoms with van der Waals surface area (Å²) >= 11 is 0. The van der Waals surface area contributed by atoms with Crippen molar-refractivity contribution in [2.75, 3.05) is 0 Å². The van der Waals surface area contributed by atoms with Crippen LogP contribution in [0.3, 0.4) is 0 Å². The van der Waals surface area contributed by atoms with Gasteiger partial charge in [0.25, 0.3) is 0 Å². The number of aromatic nitrogens is 3. The quantitative estimate of drug-likeness (QED) is 0.851. The first-order valence-corrected chi connectivity index (χ1v) is 5.41. The van der Waals surface area contributed by atoms with Gasteiger partial charge < -0.3 is 5.73 Å². The van der Waals surface area contributed by atoms with Gasteiger partial charge in [-0.2, -0.15) is 0 Å². The molecule has 0 unspecified atom stereocenters. The molecule has 0 aliphatic heterocycles. The molecule has 2 aromatic rings. The van der Waals surface area contributed by atoms with Crippen LogP contribution in [0.5, 0.6) is 0 Å². The van der Waals surface area contributed by atoms with Crippen molar-refractivity contribution < 1.29 is 0 Å². The van der Waals surface area contributed by atoms with E-state index in [-0.39, 0.29) is 0 Å². The summed E-state index contributed by atoms with van der Waals surface area (Å²) in [5, 5.41) is 0. The van der Waals surface area contributed by atoms with E-state index in [1.54, 1.807) is 12.4 Å². The predicted octanol–water partition coefficient (Wildman–Crippen LogP) is 1.85. The number of nitrogens with zero attached hydrogens (tertiary/aromatic N) is 3. The lowest BCUT2D eigenvalue weighted by Crippen LogP contribution is -2.05. The minimum Gasteiger partial charge on any atom is -0.326 e. The number of rotatable bonds is 3. The molecular weight excluding hydrogens is 200 g/mol. The van der Waals surface area contributed by atoms with Crippen LogP contribution in [0.1, 0.15) is 31.2 Å². The average molecular weight is 216 g/mol. The Morgan fingerprint density at radius 3 is 2.81 bits per heavy atom. The highest BCUT2D eigenvalue weighted by molar-refractivity contribution is 5.29. The lowest BCUT2D eigenvalue weighted by Gasteiger charge is -2.10. The van der Waals surface area contributed by atoms with Crippen molar-refractivity contribution in [1.29, 1.82) is 0 Å². The molecule has 16 heavy (non-hydrogen) atoms. The Hall–Kier alpha value is -1.68. The molecule has 0 saturated heterocycles. The third-order valence-electron chi connectivity index (χ3n) is 2.48. The van der Waals surface area contributed by atoms with Crippen molar-refractivity contribution >= 4 is 0 Å². The van der Waals surface area contributed by atoms with Gasteiger partial charge in [-0.3, -0.25) is 4.57 Å². The third kappa shape index (κ3) is 1.97. The van der Waals surface area contributed by atoms with E-state index >= 15 is 0 Å². The van der Waals surface area contributed by atoms with Gasteiger partial charge in [0.1, 0.15) is 11.6 Å². The zero-order valence-electron chi connectivity index (χ0n) is 9.59. The molecule has 0 bridgehead atoms. The van der Waals surface area contributed by atoms with Crippen molar-refractivity contribution in [2.24, 2.45) is 5.73 Å². The summed E-state index contributed by atoms with van der Waals surface area (Å²) in [6, 6.07) is 3.92. The molecule has 4 nitrogen and oxygen atoms in total. The van der Waals surface area contributed by atoms with Gasteiger partial charge >= 0.3 is 0 Å². The predicted molar refractivity (Wildman–Crippen MR) is 63.3 cm³/mol. The first-order valence-electron chi connectivity index (χ1n) is 5.41. The fourth-order valence-corrected chi connectivity index (χ4v) is 1.66. The minimum absolute atomic E-state index is 0.373. The zero-order valence-corrected chi connectivity index (χ0v) is 9.59. The lowest BCUT2D eigenvalue weighted by molar-refractivity contribution is 0.743. The molecule has 0 spiro atoms. The number of hydrogen-bond donors (Lipinski definition) is 1. The molecule has 2 heterocycles. The van der Waals surface area contributed by atoms with Gasteiger partial charge in [0.15, 0.2) is 0 Å². The largest absolute Gasteiger partial charge is 0.326 e. The fraction of sp³-hybridized carbons (Fsp3) is 0.333. The van der Waals surface area contributed by atoms with Crippen LogP contribution in [-0.4, -0.2) is 14.5 Å². The van der Waals surface area contributed by atoms with E-state index in [1.807, 2.05) is 22.9 Å². The number of nitrogens with two attached hydrogens (primary N) is 1. The summed E-state index contributed by atoms with van der Waals surface area (Å²) in [7, 11) is 0. The normalized spacial score (nSPS) is 11.0. The van der Waals surface area contributed by atoms with Crippen molar-refractivity contribution in [2.45, 2.75) is 26.3 Å². The fourth-order valence-electron chi connectivity index (χ4n) is 1.66. The summed E-state index contributed by atoms with van der Waals surface area (Å²) in [6.07, 6.45) is 5.51. The molecule has 0 fully saturated rings. The Bertz CT molecular complexity index is 473. The van der Waals surface area contributed by atoms with Gasteiger partial charge in [-0.15, -0.1) is 0 Å². The minimum atomic E-state index is 0.373. The molecule has 2 aromatic heterocycles. The van der Waals surface area contributed by atoms with Crippen molar-refractivity contribution in [3.63, 3.8) is 0 Å². The number of hydrogen-bond acceptors (Lipinski definition) is 3. The Balaban J connectivity index is 2.46. The SMILES string of the molecule is CC(C)c1nccn1-c1cc(CN)ccn1. The molecule has 0 aliphatic carbocycles. The standard InChI is InChI=1S/C12H16N4/c1-9(2)12-15-5-6-16(12)11-7-10(8-13)3-4-14-11/h3-7,9H,8,13H2,1-2H3. The van der Waals surface area contributed by atoms with Crippen LogP contribution >= 0.6 is 0 Å². The van der Waals surface area contributed by atoms with E-state index in [4.69, 9.17) is 5.73 Å². The van der Waals surface area contributed by atoms with E-state index in [1.165, 1.54) is 0 Å². The number of imidazole rings is 1. The molecule has 0 amide bonds. The molecule has 0 atom stereocenters. The van der Waals surface area contributed by atoms with Crippen LogP contribution in [0.15, 0.2) is 30.7 Å².